The highest BCUT2D eigenvalue weighted by Gasteiger charge is 2.31. The monoisotopic (exact) mass is 517 g/mol. The number of aromatic nitrogens is 1. The van der Waals surface area contributed by atoms with Crippen LogP contribution in [0.3, 0.4) is 0 Å². The number of hydrogen-bond donors (Lipinski definition) is 0. The molecule has 0 aliphatic rings. The first kappa shape index (κ1) is 24.0. The van der Waals surface area contributed by atoms with Crippen LogP contribution in [0.15, 0.2) is 103 Å². The molecule has 0 bridgehead atoms. The highest BCUT2D eigenvalue weighted by atomic mass is 19.4. The van der Waals surface area contributed by atoms with Gasteiger partial charge in [-0.1, -0.05) is 66.7 Å². The summed E-state index contributed by atoms with van der Waals surface area (Å²) in [6.45, 7) is 0. The Balaban J connectivity index is 1.75. The maximum atomic E-state index is 13.3. The van der Waals surface area contributed by atoms with Crippen molar-refractivity contribution in [1.29, 1.82) is 0 Å². The third-order valence-electron chi connectivity index (χ3n) is 6.76. The van der Waals surface area contributed by atoms with Crippen molar-refractivity contribution in [1.82, 2.24) is 4.98 Å². The van der Waals surface area contributed by atoms with Crippen molar-refractivity contribution in [3.05, 3.63) is 114 Å². The molecule has 0 unspecified atom stereocenters. The van der Waals surface area contributed by atoms with Gasteiger partial charge in [0.15, 0.2) is 0 Å². The van der Waals surface area contributed by atoms with Gasteiger partial charge in [-0.2, -0.15) is 26.3 Å². The fraction of sp³-hybridized carbons (Fsp3) is 0.0645. The first-order valence-corrected chi connectivity index (χ1v) is 11.7. The van der Waals surface area contributed by atoms with Crippen LogP contribution in [0.4, 0.5) is 26.3 Å². The zero-order chi connectivity index (χ0) is 26.7. The zero-order valence-electron chi connectivity index (χ0n) is 19.5. The van der Waals surface area contributed by atoms with Gasteiger partial charge in [0, 0.05) is 22.4 Å². The molecule has 1 heterocycles. The predicted octanol–water partition coefficient (Wildman–Crippen LogP) is 9.91. The smallest absolute Gasteiger partial charge is 0.256 e. The summed E-state index contributed by atoms with van der Waals surface area (Å²) in [7, 11) is 0. The average molecular weight is 517 g/mol. The van der Waals surface area contributed by atoms with Gasteiger partial charge in [-0.25, -0.2) is 0 Å². The van der Waals surface area contributed by atoms with Crippen LogP contribution in [0.1, 0.15) is 11.1 Å². The van der Waals surface area contributed by atoms with Gasteiger partial charge in [-0.3, -0.25) is 4.98 Å². The molecule has 0 saturated heterocycles. The van der Waals surface area contributed by atoms with Gasteiger partial charge in [-0.05, 0) is 63.4 Å². The number of fused-ring (bicyclic) bond motifs is 4. The van der Waals surface area contributed by atoms with Crippen molar-refractivity contribution in [3.8, 4) is 22.3 Å². The molecule has 0 N–H and O–H groups in total. The molecule has 0 aliphatic carbocycles. The van der Waals surface area contributed by atoms with Gasteiger partial charge < -0.3 is 0 Å². The van der Waals surface area contributed by atoms with E-state index in [0.29, 0.717) is 27.6 Å². The maximum absolute atomic E-state index is 13.3. The van der Waals surface area contributed by atoms with E-state index in [9.17, 15) is 26.3 Å². The van der Waals surface area contributed by atoms with E-state index in [1.807, 2.05) is 48.5 Å². The van der Waals surface area contributed by atoms with Crippen molar-refractivity contribution in [3.63, 3.8) is 0 Å². The Labute approximate surface area is 213 Å². The summed E-state index contributed by atoms with van der Waals surface area (Å²) in [6.07, 6.45) is -7.25. The lowest BCUT2D eigenvalue weighted by atomic mass is 9.85. The average Bonchev–Trinajstić information content (AvgIpc) is 2.91. The van der Waals surface area contributed by atoms with E-state index in [0.717, 1.165) is 51.4 Å². The summed E-state index contributed by atoms with van der Waals surface area (Å²) >= 11 is 0. The summed E-state index contributed by atoms with van der Waals surface area (Å²) in [4.78, 5) is 4.61. The molecule has 0 fully saturated rings. The molecule has 7 heteroatoms. The largest absolute Gasteiger partial charge is 0.416 e. The van der Waals surface area contributed by atoms with Crippen LogP contribution in [0, 0.1) is 0 Å². The van der Waals surface area contributed by atoms with Gasteiger partial charge in [0.05, 0.1) is 16.6 Å². The van der Waals surface area contributed by atoms with E-state index in [-0.39, 0.29) is 0 Å². The Morgan fingerprint density at radius 1 is 0.447 bits per heavy atom. The Kier molecular flexibility index (Phi) is 5.42. The molecule has 0 radical (unpaired) electrons. The summed E-state index contributed by atoms with van der Waals surface area (Å²) in [5.41, 5.74) is 1.81. The summed E-state index contributed by atoms with van der Waals surface area (Å²) < 4.78 is 79.7. The lowest BCUT2D eigenvalue weighted by Gasteiger charge is -2.19. The number of alkyl halides is 6. The molecule has 5 aromatic carbocycles. The van der Waals surface area contributed by atoms with Gasteiger partial charge >= 0.3 is 12.4 Å². The molecular weight excluding hydrogens is 500 g/mol. The van der Waals surface area contributed by atoms with Gasteiger partial charge in [0.25, 0.3) is 0 Å². The SMILES string of the molecule is FC(F)(F)c1ccc(-c2c3ccccc3c(-c3ccc(C(F)(F)F)cc3)c3c2cnc2ccccc23)cc1. The van der Waals surface area contributed by atoms with Crippen LogP contribution in [0.2, 0.25) is 0 Å². The number of halogens is 6. The highest BCUT2D eigenvalue weighted by molar-refractivity contribution is 6.27. The topological polar surface area (TPSA) is 12.9 Å². The maximum Gasteiger partial charge on any atom is 0.416 e. The second-order valence-corrected chi connectivity index (χ2v) is 9.01. The minimum atomic E-state index is -4.47. The molecule has 6 aromatic rings. The quantitative estimate of drug-likeness (QED) is 0.127. The van der Waals surface area contributed by atoms with Crippen LogP contribution in [-0.2, 0) is 12.4 Å². The van der Waals surface area contributed by atoms with Crippen molar-refractivity contribution >= 4 is 32.4 Å². The molecular formula is C31H17F6N. The number of hydrogen-bond acceptors (Lipinski definition) is 1. The van der Waals surface area contributed by atoms with Crippen LogP contribution in [0.25, 0.3) is 54.7 Å². The van der Waals surface area contributed by atoms with E-state index < -0.39 is 23.5 Å². The summed E-state index contributed by atoms with van der Waals surface area (Å²) in [5, 5.41) is 3.78. The Hall–Kier alpha value is -4.39. The number of rotatable bonds is 2. The van der Waals surface area contributed by atoms with E-state index in [2.05, 4.69) is 4.98 Å². The molecule has 0 spiro atoms. The van der Waals surface area contributed by atoms with Gasteiger partial charge in [0.1, 0.15) is 0 Å². The fourth-order valence-corrected chi connectivity index (χ4v) is 5.06. The minimum Gasteiger partial charge on any atom is -0.256 e. The first-order valence-electron chi connectivity index (χ1n) is 11.7. The number of benzene rings is 5. The van der Waals surface area contributed by atoms with Gasteiger partial charge in [-0.15, -0.1) is 0 Å². The lowest BCUT2D eigenvalue weighted by Crippen LogP contribution is -2.04. The van der Waals surface area contributed by atoms with Gasteiger partial charge in [0.2, 0.25) is 0 Å². The second-order valence-electron chi connectivity index (χ2n) is 9.01. The Morgan fingerprint density at radius 2 is 0.895 bits per heavy atom. The van der Waals surface area contributed by atoms with Crippen molar-refractivity contribution < 1.29 is 26.3 Å². The van der Waals surface area contributed by atoms with Crippen LogP contribution >= 0.6 is 0 Å². The van der Waals surface area contributed by atoms with Crippen LogP contribution in [0.5, 0.6) is 0 Å². The number of pyridine rings is 1. The molecule has 0 atom stereocenters. The second kappa shape index (κ2) is 8.58. The lowest BCUT2D eigenvalue weighted by molar-refractivity contribution is -0.138. The molecule has 38 heavy (non-hydrogen) atoms. The van der Waals surface area contributed by atoms with E-state index in [1.165, 1.54) is 24.3 Å². The standard InChI is InChI=1S/C31H17F6N/c32-30(33,34)20-13-9-18(10-14-20)27-22-5-1-2-6-23(22)28(19-11-15-21(16-12-19)31(35,36)37)29-24-7-3-4-8-26(24)38-17-25(27)29/h1-17H. The van der Waals surface area contributed by atoms with Crippen molar-refractivity contribution in [2.45, 2.75) is 12.4 Å². The van der Waals surface area contributed by atoms with Crippen molar-refractivity contribution in [2.75, 3.05) is 0 Å². The summed E-state index contributed by atoms with van der Waals surface area (Å²) in [6, 6.07) is 24.9. The third kappa shape index (κ3) is 3.95. The molecule has 0 saturated carbocycles. The molecule has 188 valence electrons. The fourth-order valence-electron chi connectivity index (χ4n) is 5.06. The minimum absolute atomic E-state index is 0.579. The van der Waals surface area contributed by atoms with E-state index >= 15 is 0 Å². The van der Waals surface area contributed by atoms with Crippen molar-refractivity contribution in [2.24, 2.45) is 0 Å². The molecule has 1 aromatic heterocycles. The van der Waals surface area contributed by atoms with Crippen LogP contribution in [-0.4, -0.2) is 4.98 Å². The van der Waals surface area contributed by atoms with E-state index in [1.54, 1.807) is 6.20 Å². The predicted molar refractivity (Wildman–Crippen MR) is 138 cm³/mol. The molecule has 0 aliphatic heterocycles. The summed E-state index contributed by atoms with van der Waals surface area (Å²) in [5.74, 6) is 0. The zero-order valence-corrected chi connectivity index (χ0v) is 19.5. The Bertz CT molecular complexity index is 1820. The van der Waals surface area contributed by atoms with Crippen LogP contribution < -0.4 is 0 Å². The number of para-hydroxylation sites is 1. The number of nitrogens with zero attached hydrogens (tertiary/aromatic N) is 1. The molecule has 0 amide bonds. The third-order valence-corrected chi connectivity index (χ3v) is 6.76. The first-order chi connectivity index (χ1) is 18.1. The highest BCUT2D eigenvalue weighted by Crippen LogP contribution is 2.46. The normalized spacial score (nSPS) is 12.5. The Morgan fingerprint density at radius 3 is 1.42 bits per heavy atom. The molecule has 1 nitrogen and oxygen atoms in total. The molecule has 6 rings (SSSR count). The van der Waals surface area contributed by atoms with E-state index in [4.69, 9.17) is 0 Å².